The van der Waals surface area contributed by atoms with Gasteiger partial charge in [0.05, 0.1) is 0 Å². The largest absolute Gasteiger partial charge is 0.478 e. The van der Waals surface area contributed by atoms with Crippen molar-refractivity contribution in [3.8, 4) is 0 Å². The Morgan fingerprint density at radius 1 is 1.23 bits per heavy atom. The zero-order valence-electron chi connectivity index (χ0n) is 8.25. The maximum Gasteiger partial charge on any atom is 0.327 e. The third-order valence-electron chi connectivity index (χ3n) is 2.87. The lowest BCUT2D eigenvalue weighted by Gasteiger charge is -2.23. The Morgan fingerprint density at radius 2 is 1.77 bits per heavy atom. The monoisotopic (exact) mass is 182 g/mol. The highest BCUT2D eigenvalue weighted by Crippen LogP contribution is 2.35. The van der Waals surface area contributed by atoms with Crippen molar-refractivity contribution in [3.05, 3.63) is 12.2 Å². The molecule has 0 aromatic heterocycles. The first-order chi connectivity index (χ1) is 6.12. The Bertz CT molecular complexity index is 198. The van der Waals surface area contributed by atoms with Crippen molar-refractivity contribution in [3.63, 3.8) is 0 Å². The average molecular weight is 182 g/mol. The van der Waals surface area contributed by atoms with Crippen molar-refractivity contribution in [2.24, 2.45) is 5.41 Å². The van der Waals surface area contributed by atoms with E-state index in [0.717, 1.165) is 12.8 Å². The summed E-state index contributed by atoms with van der Waals surface area (Å²) in [5.74, 6) is -0.828. The fourth-order valence-electron chi connectivity index (χ4n) is 1.98. The van der Waals surface area contributed by atoms with Gasteiger partial charge in [-0.05, 0) is 18.3 Å². The SMILES string of the molecule is CC1(/C=C/C(=O)O)CCCCCC1. The van der Waals surface area contributed by atoms with Gasteiger partial charge in [0.1, 0.15) is 0 Å². The summed E-state index contributed by atoms with van der Waals surface area (Å²) in [6.07, 6.45) is 10.5. The molecule has 2 nitrogen and oxygen atoms in total. The second kappa shape index (κ2) is 4.45. The first-order valence-corrected chi connectivity index (χ1v) is 5.05. The number of carboxylic acids is 1. The van der Waals surface area contributed by atoms with Gasteiger partial charge in [0.2, 0.25) is 0 Å². The fourth-order valence-corrected chi connectivity index (χ4v) is 1.98. The maximum atomic E-state index is 10.4. The molecule has 0 aromatic rings. The van der Waals surface area contributed by atoms with Crippen LogP contribution in [0.5, 0.6) is 0 Å². The van der Waals surface area contributed by atoms with Gasteiger partial charge in [-0.25, -0.2) is 4.79 Å². The van der Waals surface area contributed by atoms with Crippen LogP contribution in [0.15, 0.2) is 12.2 Å². The number of allylic oxidation sites excluding steroid dienone is 1. The third-order valence-corrected chi connectivity index (χ3v) is 2.87. The number of hydrogen-bond acceptors (Lipinski definition) is 1. The van der Waals surface area contributed by atoms with Crippen molar-refractivity contribution in [2.75, 3.05) is 0 Å². The second-order valence-corrected chi connectivity index (χ2v) is 4.24. The van der Waals surface area contributed by atoms with Crippen molar-refractivity contribution >= 4 is 5.97 Å². The Morgan fingerprint density at radius 3 is 2.23 bits per heavy atom. The Balaban J connectivity index is 2.56. The number of carboxylic acid groups (broad SMARTS) is 1. The summed E-state index contributed by atoms with van der Waals surface area (Å²) in [5, 5.41) is 8.54. The number of aliphatic carboxylic acids is 1. The van der Waals surface area contributed by atoms with Crippen molar-refractivity contribution in [1.29, 1.82) is 0 Å². The molecule has 0 atom stereocenters. The summed E-state index contributed by atoms with van der Waals surface area (Å²) in [6, 6.07) is 0. The van der Waals surface area contributed by atoms with Crippen molar-refractivity contribution in [1.82, 2.24) is 0 Å². The standard InChI is InChI=1S/C11H18O2/c1-11(9-6-10(12)13)7-4-2-3-5-8-11/h6,9H,2-5,7-8H2,1H3,(H,12,13)/b9-6+. The zero-order valence-corrected chi connectivity index (χ0v) is 8.25. The minimum absolute atomic E-state index is 0.134. The second-order valence-electron chi connectivity index (χ2n) is 4.24. The van der Waals surface area contributed by atoms with Gasteiger partial charge in [0.15, 0.2) is 0 Å². The summed E-state index contributed by atoms with van der Waals surface area (Å²) in [6.45, 7) is 2.16. The molecule has 1 aliphatic carbocycles. The molecule has 1 rings (SSSR count). The first-order valence-electron chi connectivity index (χ1n) is 5.05. The molecule has 0 spiro atoms. The molecule has 0 saturated heterocycles. The number of hydrogen-bond donors (Lipinski definition) is 1. The van der Waals surface area contributed by atoms with Crippen LogP contribution in [0.3, 0.4) is 0 Å². The van der Waals surface area contributed by atoms with E-state index in [1.54, 1.807) is 0 Å². The smallest absolute Gasteiger partial charge is 0.327 e. The van der Waals surface area contributed by atoms with Gasteiger partial charge in [0, 0.05) is 6.08 Å². The molecule has 2 heteroatoms. The molecule has 0 bridgehead atoms. The van der Waals surface area contributed by atoms with E-state index in [9.17, 15) is 4.79 Å². The predicted octanol–water partition coefficient (Wildman–Crippen LogP) is 2.99. The topological polar surface area (TPSA) is 37.3 Å². The van der Waals surface area contributed by atoms with Gasteiger partial charge in [-0.15, -0.1) is 0 Å². The summed E-state index contributed by atoms with van der Waals surface area (Å²) in [7, 11) is 0. The summed E-state index contributed by atoms with van der Waals surface area (Å²) >= 11 is 0. The molecule has 74 valence electrons. The molecule has 1 fully saturated rings. The molecule has 0 aliphatic heterocycles. The van der Waals surface area contributed by atoms with E-state index >= 15 is 0 Å². The van der Waals surface area contributed by atoms with E-state index < -0.39 is 5.97 Å². The van der Waals surface area contributed by atoms with E-state index in [2.05, 4.69) is 6.92 Å². The number of rotatable bonds is 2. The number of carbonyl (C=O) groups is 1. The van der Waals surface area contributed by atoms with Crippen LogP contribution in [0.4, 0.5) is 0 Å². The Hall–Kier alpha value is -0.790. The van der Waals surface area contributed by atoms with Crippen LogP contribution in [0.2, 0.25) is 0 Å². The third kappa shape index (κ3) is 3.62. The molecule has 13 heavy (non-hydrogen) atoms. The van der Waals surface area contributed by atoms with Crippen LogP contribution >= 0.6 is 0 Å². The molecular weight excluding hydrogens is 164 g/mol. The predicted molar refractivity (Wildman–Crippen MR) is 52.6 cm³/mol. The van der Waals surface area contributed by atoms with Crippen LogP contribution in [0.1, 0.15) is 45.4 Å². The molecule has 0 unspecified atom stereocenters. The van der Waals surface area contributed by atoms with Gasteiger partial charge >= 0.3 is 5.97 Å². The summed E-state index contributed by atoms with van der Waals surface area (Å²) in [5.41, 5.74) is 0.134. The zero-order chi connectivity index (χ0) is 9.73. The molecule has 1 N–H and O–H groups in total. The average Bonchev–Trinajstić information content (AvgIpc) is 2.28. The Kier molecular flexibility index (Phi) is 3.52. The van der Waals surface area contributed by atoms with Gasteiger partial charge in [-0.2, -0.15) is 0 Å². The van der Waals surface area contributed by atoms with E-state index in [-0.39, 0.29) is 5.41 Å². The van der Waals surface area contributed by atoms with Gasteiger partial charge in [-0.1, -0.05) is 38.7 Å². The van der Waals surface area contributed by atoms with Crippen LogP contribution in [-0.4, -0.2) is 11.1 Å². The summed E-state index contributed by atoms with van der Waals surface area (Å²) in [4.78, 5) is 10.4. The van der Waals surface area contributed by atoms with E-state index in [4.69, 9.17) is 5.11 Å². The van der Waals surface area contributed by atoms with Crippen LogP contribution in [0, 0.1) is 5.41 Å². The lowest BCUT2D eigenvalue weighted by molar-refractivity contribution is -0.131. The van der Waals surface area contributed by atoms with Gasteiger partial charge in [0.25, 0.3) is 0 Å². The van der Waals surface area contributed by atoms with E-state index in [0.29, 0.717) is 0 Å². The molecule has 0 aromatic carbocycles. The Labute approximate surface area is 79.6 Å². The minimum Gasteiger partial charge on any atom is -0.478 e. The lowest BCUT2D eigenvalue weighted by Crippen LogP contribution is -2.11. The van der Waals surface area contributed by atoms with Crippen molar-refractivity contribution < 1.29 is 9.90 Å². The highest BCUT2D eigenvalue weighted by atomic mass is 16.4. The van der Waals surface area contributed by atoms with Gasteiger partial charge in [-0.3, -0.25) is 0 Å². The summed E-state index contributed by atoms with van der Waals surface area (Å²) < 4.78 is 0. The van der Waals surface area contributed by atoms with Crippen LogP contribution in [-0.2, 0) is 4.79 Å². The highest BCUT2D eigenvalue weighted by Gasteiger charge is 2.22. The van der Waals surface area contributed by atoms with E-state index in [1.807, 2.05) is 6.08 Å². The minimum atomic E-state index is -0.828. The van der Waals surface area contributed by atoms with Gasteiger partial charge < -0.3 is 5.11 Å². The van der Waals surface area contributed by atoms with Crippen molar-refractivity contribution in [2.45, 2.75) is 45.4 Å². The van der Waals surface area contributed by atoms with Crippen LogP contribution < -0.4 is 0 Å². The normalized spacial score (nSPS) is 22.8. The fraction of sp³-hybridized carbons (Fsp3) is 0.727. The maximum absolute atomic E-state index is 10.4. The highest BCUT2D eigenvalue weighted by molar-refractivity contribution is 5.79. The molecule has 1 saturated carbocycles. The van der Waals surface area contributed by atoms with Crippen LogP contribution in [0.25, 0.3) is 0 Å². The lowest BCUT2D eigenvalue weighted by atomic mass is 9.82. The van der Waals surface area contributed by atoms with E-state index in [1.165, 1.54) is 31.8 Å². The molecule has 0 amide bonds. The molecule has 0 heterocycles. The first kappa shape index (κ1) is 10.3. The molecule has 0 radical (unpaired) electrons. The molecular formula is C11H18O2. The molecule has 1 aliphatic rings. The quantitative estimate of drug-likeness (QED) is 0.526.